The second kappa shape index (κ2) is 9.03. The summed E-state index contributed by atoms with van der Waals surface area (Å²) in [5.41, 5.74) is 0.211. The van der Waals surface area contributed by atoms with Gasteiger partial charge in [-0.3, -0.25) is 0 Å². The van der Waals surface area contributed by atoms with Crippen molar-refractivity contribution >= 4 is 35.7 Å². The molecule has 1 atom stereocenters. The van der Waals surface area contributed by atoms with Crippen molar-refractivity contribution in [1.82, 2.24) is 14.9 Å². The summed E-state index contributed by atoms with van der Waals surface area (Å²) in [6.07, 6.45) is 1.31. The summed E-state index contributed by atoms with van der Waals surface area (Å²) >= 11 is 0. The molecule has 1 aromatic heterocycles. The quantitative estimate of drug-likeness (QED) is 0.606. The van der Waals surface area contributed by atoms with Gasteiger partial charge < -0.3 is 24.4 Å². The molecule has 0 aliphatic carbocycles. The summed E-state index contributed by atoms with van der Waals surface area (Å²) in [6.45, 7) is 2.70. The van der Waals surface area contributed by atoms with E-state index in [4.69, 9.17) is 22.1 Å². The van der Waals surface area contributed by atoms with Gasteiger partial charge >= 0.3 is 0 Å². The Morgan fingerprint density at radius 2 is 1.97 bits per heavy atom. The van der Waals surface area contributed by atoms with Gasteiger partial charge in [0.25, 0.3) is 0 Å². The van der Waals surface area contributed by atoms with Gasteiger partial charge in [-0.1, -0.05) is 0 Å². The van der Waals surface area contributed by atoms with E-state index in [1.54, 1.807) is 12.1 Å². The molecular weight excluding hydrogens is 405 g/mol. The van der Waals surface area contributed by atoms with Crippen LogP contribution in [-0.2, 0) is 4.74 Å². The standard InChI is InChI=1S/C21H21BF2N4O3/c1-28-3-4-30-13(9-28)10-31-19-8-17-14(7-18(19)29-2)21(26-11-25-17)27-12-5-15(23)20(22)16(24)6-12/h5-8,11,13H,3-4,9-10H2,1-2H3,(H,25,26,27). The number of hydrogen-bond acceptors (Lipinski definition) is 7. The Bertz CT molecular complexity index is 1080. The van der Waals surface area contributed by atoms with Gasteiger partial charge in [0.2, 0.25) is 0 Å². The zero-order valence-electron chi connectivity index (χ0n) is 17.2. The number of methoxy groups -OCH3 is 1. The number of hydrogen-bond donors (Lipinski definition) is 1. The Morgan fingerprint density at radius 1 is 1.19 bits per heavy atom. The summed E-state index contributed by atoms with van der Waals surface area (Å²) < 4.78 is 44.8. The molecule has 2 heterocycles. The van der Waals surface area contributed by atoms with Crippen LogP contribution in [0.5, 0.6) is 11.5 Å². The van der Waals surface area contributed by atoms with Crippen LogP contribution in [0.2, 0.25) is 0 Å². The van der Waals surface area contributed by atoms with E-state index in [0.717, 1.165) is 25.2 Å². The molecule has 0 spiro atoms. The second-order valence-corrected chi connectivity index (χ2v) is 7.29. The van der Waals surface area contributed by atoms with Crippen molar-refractivity contribution in [2.24, 2.45) is 0 Å². The molecule has 1 aliphatic rings. The van der Waals surface area contributed by atoms with Gasteiger partial charge in [0, 0.05) is 30.2 Å². The summed E-state index contributed by atoms with van der Waals surface area (Å²) in [5.74, 6) is -0.365. The molecular formula is C21H21BF2N4O3. The third-order valence-corrected chi connectivity index (χ3v) is 5.03. The fourth-order valence-corrected chi connectivity index (χ4v) is 3.38. The lowest BCUT2D eigenvalue weighted by molar-refractivity contribution is -0.0406. The van der Waals surface area contributed by atoms with E-state index < -0.39 is 17.1 Å². The van der Waals surface area contributed by atoms with Crippen molar-refractivity contribution in [2.75, 3.05) is 45.8 Å². The van der Waals surface area contributed by atoms with E-state index in [1.165, 1.54) is 13.4 Å². The summed E-state index contributed by atoms with van der Waals surface area (Å²) in [7, 11) is 8.90. The number of ether oxygens (including phenoxy) is 3. The van der Waals surface area contributed by atoms with Gasteiger partial charge in [-0.15, -0.1) is 0 Å². The molecule has 160 valence electrons. The van der Waals surface area contributed by atoms with Crippen LogP contribution in [0.3, 0.4) is 0 Å². The number of nitrogens with one attached hydrogen (secondary N) is 1. The average Bonchev–Trinajstić information content (AvgIpc) is 2.75. The van der Waals surface area contributed by atoms with Crippen LogP contribution in [0.4, 0.5) is 20.3 Å². The fraction of sp³-hybridized carbons (Fsp3) is 0.333. The maximum absolute atomic E-state index is 13.8. The minimum Gasteiger partial charge on any atom is -0.493 e. The Morgan fingerprint density at radius 3 is 2.68 bits per heavy atom. The maximum Gasteiger partial charge on any atom is 0.163 e. The molecule has 10 heteroatoms. The van der Waals surface area contributed by atoms with Gasteiger partial charge in [0.15, 0.2) is 11.5 Å². The minimum absolute atomic E-state index is 0.0444. The molecule has 4 rings (SSSR count). The minimum atomic E-state index is -0.857. The number of likely N-dealkylation sites (N-methyl/N-ethyl adjacent to an activating group) is 1. The molecule has 1 N–H and O–H groups in total. The number of rotatable bonds is 6. The molecule has 1 saturated heterocycles. The maximum atomic E-state index is 13.8. The fourth-order valence-electron chi connectivity index (χ4n) is 3.38. The first-order valence-corrected chi connectivity index (χ1v) is 9.72. The Labute approximate surface area is 179 Å². The molecule has 0 saturated carbocycles. The largest absolute Gasteiger partial charge is 0.493 e. The van der Waals surface area contributed by atoms with E-state index >= 15 is 0 Å². The van der Waals surface area contributed by atoms with Crippen LogP contribution >= 0.6 is 0 Å². The lowest BCUT2D eigenvalue weighted by atomic mass is 9.94. The predicted octanol–water partition coefficient (Wildman–Crippen LogP) is 2.16. The summed E-state index contributed by atoms with van der Waals surface area (Å²) in [6, 6.07) is 5.65. The highest BCUT2D eigenvalue weighted by Gasteiger charge is 2.20. The van der Waals surface area contributed by atoms with Crippen LogP contribution in [0, 0.1) is 11.6 Å². The molecule has 0 amide bonds. The third-order valence-electron chi connectivity index (χ3n) is 5.03. The topological polar surface area (TPSA) is 68.7 Å². The molecule has 7 nitrogen and oxygen atoms in total. The Kier molecular flexibility index (Phi) is 6.19. The summed E-state index contributed by atoms with van der Waals surface area (Å²) in [4.78, 5) is 10.7. The first-order chi connectivity index (χ1) is 14.9. The third kappa shape index (κ3) is 4.70. The van der Waals surface area contributed by atoms with E-state index in [-0.39, 0.29) is 11.8 Å². The lowest BCUT2D eigenvalue weighted by Gasteiger charge is -2.30. The highest BCUT2D eigenvalue weighted by atomic mass is 19.1. The normalized spacial score (nSPS) is 17.0. The summed E-state index contributed by atoms with van der Waals surface area (Å²) in [5, 5.41) is 3.50. The lowest BCUT2D eigenvalue weighted by Crippen LogP contribution is -2.42. The highest BCUT2D eigenvalue weighted by molar-refractivity contribution is 6.32. The molecule has 0 bridgehead atoms. The van der Waals surface area contributed by atoms with Crippen molar-refractivity contribution in [3.8, 4) is 11.5 Å². The van der Waals surface area contributed by atoms with Crippen molar-refractivity contribution in [3.05, 3.63) is 42.2 Å². The van der Waals surface area contributed by atoms with Crippen molar-refractivity contribution in [3.63, 3.8) is 0 Å². The molecule has 3 aromatic rings. The van der Waals surface area contributed by atoms with Crippen molar-refractivity contribution in [2.45, 2.75) is 6.10 Å². The van der Waals surface area contributed by atoms with Crippen LogP contribution in [-0.4, -0.2) is 69.3 Å². The number of nitrogens with zero attached hydrogens (tertiary/aromatic N) is 3. The van der Waals surface area contributed by atoms with Gasteiger partial charge in [-0.25, -0.2) is 18.7 Å². The number of morpholine rings is 1. The number of halogens is 2. The Hall–Kier alpha value is -2.98. The van der Waals surface area contributed by atoms with Crippen molar-refractivity contribution in [1.29, 1.82) is 0 Å². The first-order valence-electron chi connectivity index (χ1n) is 9.72. The SMILES string of the molecule is [B]c1c(F)cc(Nc2ncnc3cc(OCC4CN(C)CCO4)c(OC)cc23)cc1F. The van der Waals surface area contributed by atoms with E-state index in [0.29, 0.717) is 41.4 Å². The monoisotopic (exact) mass is 426 g/mol. The number of aromatic nitrogens is 2. The number of fused-ring (bicyclic) bond motifs is 1. The van der Waals surface area contributed by atoms with Gasteiger partial charge in [0.05, 0.1) is 19.2 Å². The second-order valence-electron chi connectivity index (χ2n) is 7.29. The van der Waals surface area contributed by atoms with Gasteiger partial charge in [0.1, 0.15) is 44.3 Å². The molecule has 1 fully saturated rings. The molecule has 2 radical (unpaired) electrons. The highest BCUT2D eigenvalue weighted by Crippen LogP contribution is 2.35. The molecule has 31 heavy (non-hydrogen) atoms. The van der Waals surface area contributed by atoms with E-state index in [9.17, 15) is 8.78 Å². The zero-order chi connectivity index (χ0) is 22.0. The zero-order valence-corrected chi connectivity index (χ0v) is 17.2. The smallest absolute Gasteiger partial charge is 0.163 e. The number of anilines is 2. The van der Waals surface area contributed by atoms with Gasteiger partial charge in [-0.2, -0.15) is 0 Å². The van der Waals surface area contributed by atoms with E-state index in [1.807, 2.05) is 7.05 Å². The molecule has 1 aliphatic heterocycles. The van der Waals surface area contributed by atoms with Crippen LogP contribution in [0.25, 0.3) is 10.9 Å². The van der Waals surface area contributed by atoms with Gasteiger partial charge in [-0.05, 0) is 30.7 Å². The molecule has 1 unspecified atom stereocenters. The van der Waals surface area contributed by atoms with Crippen LogP contribution in [0.1, 0.15) is 0 Å². The first kappa shape index (κ1) is 21.3. The number of benzene rings is 2. The predicted molar refractivity (Wildman–Crippen MR) is 114 cm³/mol. The molecule has 2 aromatic carbocycles. The van der Waals surface area contributed by atoms with E-state index in [2.05, 4.69) is 20.2 Å². The Balaban J connectivity index is 1.60. The van der Waals surface area contributed by atoms with Crippen LogP contribution < -0.4 is 20.3 Å². The van der Waals surface area contributed by atoms with Crippen molar-refractivity contribution < 1.29 is 23.0 Å². The van der Waals surface area contributed by atoms with Crippen LogP contribution in [0.15, 0.2) is 30.6 Å². The average molecular weight is 426 g/mol.